The van der Waals surface area contributed by atoms with E-state index < -0.39 is 8.60 Å². The van der Waals surface area contributed by atoms with Crippen molar-refractivity contribution in [1.82, 2.24) is 0 Å². The Hall–Kier alpha value is 0.933. The van der Waals surface area contributed by atoms with Gasteiger partial charge in [-0.1, -0.05) is 0 Å². The Balaban J connectivity index is 0. The molecule has 0 atom stereocenters. The van der Waals surface area contributed by atoms with Gasteiger partial charge in [0.05, 0.1) is 0 Å². The third kappa shape index (κ3) is 48.7. The van der Waals surface area contributed by atoms with Crippen molar-refractivity contribution in [2.24, 2.45) is 0 Å². The first-order valence-corrected chi connectivity index (χ1v) is 1.80. The molecule has 0 aliphatic carbocycles. The van der Waals surface area contributed by atoms with E-state index in [2.05, 4.69) is 0 Å². The van der Waals surface area contributed by atoms with Crippen molar-refractivity contribution in [1.29, 1.82) is 0 Å². The Morgan fingerprint density at radius 1 is 1.00 bits per heavy atom. The van der Waals surface area contributed by atoms with Crippen LogP contribution >= 0.6 is 8.60 Å². The van der Waals surface area contributed by atoms with Gasteiger partial charge in [-0.3, -0.25) is 0 Å². The summed E-state index contributed by atoms with van der Waals surface area (Å²) in [6.45, 7) is 0. The number of hydrogen-bond acceptors (Lipinski definition) is 3. The zero-order chi connectivity index (χ0) is 3.58. The molecule has 0 unspecified atom stereocenters. The summed E-state index contributed by atoms with van der Waals surface area (Å²) in [5, 5.41) is 0. The maximum atomic E-state index is 7.23. The molecule has 0 radical (unpaired) electrons. The van der Waals surface area contributed by atoms with Gasteiger partial charge in [0.25, 0.3) is 0 Å². The number of rotatable bonds is 0. The maximum absolute atomic E-state index is 7.23. The van der Waals surface area contributed by atoms with Crippen LogP contribution in [0.2, 0.25) is 0 Å². The Morgan fingerprint density at radius 2 is 1.00 bits per heavy atom. The molecule has 0 heterocycles. The van der Waals surface area contributed by atoms with Crippen LogP contribution in [-0.4, -0.2) is 14.7 Å². The van der Waals surface area contributed by atoms with Crippen LogP contribution in [-0.2, 0) is 19.5 Å². The summed E-state index contributed by atoms with van der Waals surface area (Å²) in [5.74, 6) is 0. The average Bonchev–Trinajstić information content (AvgIpc) is 0.811. The van der Waals surface area contributed by atoms with E-state index in [0.717, 1.165) is 0 Å². The molecule has 0 amide bonds. The van der Waals surface area contributed by atoms with Crippen molar-refractivity contribution in [3.05, 3.63) is 0 Å². The van der Waals surface area contributed by atoms with Crippen LogP contribution in [0.15, 0.2) is 0 Å². The average molecular weight is 147 g/mol. The molecule has 0 spiro atoms. The van der Waals surface area contributed by atoms with Gasteiger partial charge in [0.2, 0.25) is 0 Å². The maximum Gasteiger partial charge on any atom is 0.324 e. The molecule has 0 aliphatic heterocycles. The van der Waals surface area contributed by atoms with E-state index in [1.54, 1.807) is 0 Å². The van der Waals surface area contributed by atoms with Crippen molar-refractivity contribution in [2.45, 2.75) is 0 Å². The van der Waals surface area contributed by atoms with E-state index in [1.807, 2.05) is 0 Å². The van der Waals surface area contributed by atoms with Gasteiger partial charge in [-0.25, -0.2) is 0 Å². The molecular formula is H3O3PZn. The summed E-state index contributed by atoms with van der Waals surface area (Å²) >= 11 is 0. The smallest absolute Gasteiger partial charge is 0.324 e. The summed E-state index contributed by atoms with van der Waals surface area (Å²) in [4.78, 5) is 21.7. The largest absolute Gasteiger partial charge is 0.328 e. The molecule has 0 aromatic carbocycles. The second-order valence-electron chi connectivity index (χ2n) is 0.268. The Kier molecular flexibility index (Phi) is 9.21. The van der Waals surface area contributed by atoms with Crippen LogP contribution in [0.3, 0.4) is 0 Å². The molecule has 5 heavy (non-hydrogen) atoms. The molecule has 3 N–H and O–H groups in total. The van der Waals surface area contributed by atoms with Gasteiger partial charge in [0.15, 0.2) is 0 Å². The normalized spacial score (nSPS) is 7.20. The van der Waals surface area contributed by atoms with Gasteiger partial charge in [0.1, 0.15) is 0 Å². The van der Waals surface area contributed by atoms with Gasteiger partial charge in [-0.2, -0.15) is 0 Å². The fourth-order valence-corrected chi connectivity index (χ4v) is 0. The van der Waals surface area contributed by atoms with E-state index in [-0.39, 0.29) is 19.5 Å². The minimum absolute atomic E-state index is 0. The summed E-state index contributed by atoms with van der Waals surface area (Å²) in [7, 11) is -2.62. The molecule has 0 bridgehead atoms. The summed E-state index contributed by atoms with van der Waals surface area (Å²) in [6.07, 6.45) is 0. The quantitative estimate of drug-likeness (QED) is 0.310. The second-order valence-corrected chi connectivity index (χ2v) is 0.805. The molecule has 0 rings (SSSR count). The molecule has 0 saturated heterocycles. The van der Waals surface area contributed by atoms with E-state index in [0.29, 0.717) is 0 Å². The van der Waals surface area contributed by atoms with Gasteiger partial charge >= 0.3 is 8.60 Å². The monoisotopic (exact) mass is 146 g/mol. The van der Waals surface area contributed by atoms with Gasteiger partial charge < -0.3 is 14.7 Å². The Labute approximate surface area is 43.4 Å². The third-order valence-electron chi connectivity index (χ3n) is 0. The fourth-order valence-electron chi connectivity index (χ4n) is 0. The van der Waals surface area contributed by atoms with Crippen molar-refractivity contribution < 1.29 is 34.2 Å². The van der Waals surface area contributed by atoms with Crippen molar-refractivity contribution in [3.8, 4) is 0 Å². The minimum atomic E-state index is -2.62. The summed E-state index contributed by atoms with van der Waals surface area (Å²) < 4.78 is 0. The Bertz CT molecular complexity index is 11.6. The van der Waals surface area contributed by atoms with Crippen molar-refractivity contribution in [2.75, 3.05) is 0 Å². The molecule has 0 fully saturated rings. The molecular weight excluding hydrogens is 144 g/mol. The second kappa shape index (κ2) is 4.93. The molecule has 28 valence electrons. The minimum Gasteiger partial charge on any atom is -0.328 e. The Morgan fingerprint density at radius 3 is 1.00 bits per heavy atom. The predicted molar refractivity (Wildman–Crippen MR) is 13.6 cm³/mol. The van der Waals surface area contributed by atoms with Crippen LogP contribution in [0, 0.1) is 0 Å². The van der Waals surface area contributed by atoms with E-state index in [4.69, 9.17) is 14.7 Å². The predicted octanol–water partition coefficient (Wildman–Crippen LogP) is -0.812. The van der Waals surface area contributed by atoms with Crippen molar-refractivity contribution >= 4 is 8.60 Å². The van der Waals surface area contributed by atoms with Gasteiger partial charge in [-0.15, -0.1) is 0 Å². The molecule has 0 aromatic rings. The van der Waals surface area contributed by atoms with Crippen LogP contribution in [0.1, 0.15) is 0 Å². The topological polar surface area (TPSA) is 60.7 Å². The first-order valence-electron chi connectivity index (χ1n) is 0.600. The molecule has 0 aromatic heterocycles. The molecule has 0 saturated carbocycles. The molecule has 0 aliphatic rings. The zero-order valence-corrected chi connectivity index (χ0v) is 6.36. The van der Waals surface area contributed by atoms with Crippen LogP contribution in [0.25, 0.3) is 0 Å². The molecule has 3 nitrogen and oxygen atoms in total. The van der Waals surface area contributed by atoms with Crippen LogP contribution in [0.4, 0.5) is 0 Å². The standard InChI is InChI=1S/H3O3P.Zn/c1-4(2)3;/h1-3H;. The SMILES string of the molecule is OP(O)O.[Zn]. The van der Waals surface area contributed by atoms with Gasteiger partial charge in [0, 0.05) is 19.5 Å². The van der Waals surface area contributed by atoms with E-state index in [1.165, 1.54) is 0 Å². The van der Waals surface area contributed by atoms with Crippen LogP contribution < -0.4 is 0 Å². The van der Waals surface area contributed by atoms with Crippen LogP contribution in [0.5, 0.6) is 0 Å². The first kappa shape index (κ1) is 9.33. The zero-order valence-electron chi connectivity index (χ0n) is 2.50. The van der Waals surface area contributed by atoms with E-state index >= 15 is 0 Å². The molecule has 5 heteroatoms. The van der Waals surface area contributed by atoms with E-state index in [9.17, 15) is 0 Å². The first-order chi connectivity index (χ1) is 1.73. The third-order valence-corrected chi connectivity index (χ3v) is 0. The van der Waals surface area contributed by atoms with Crippen molar-refractivity contribution in [3.63, 3.8) is 0 Å². The summed E-state index contributed by atoms with van der Waals surface area (Å²) in [6, 6.07) is 0. The fraction of sp³-hybridized carbons (Fsp3) is 0. The summed E-state index contributed by atoms with van der Waals surface area (Å²) in [5.41, 5.74) is 0. The number of hydrogen-bond donors (Lipinski definition) is 3. The van der Waals surface area contributed by atoms with Gasteiger partial charge in [-0.05, 0) is 0 Å².